The monoisotopic (exact) mass is 548 g/mol. The number of ketones is 1. The fourth-order valence-electron chi connectivity index (χ4n) is 9.41. The molecule has 0 heterocycles. The molecule has 192 valence electrons. The van der Waals surface area contributed by atoms with Crippen molar-refractivity contribution in [2.24, 2.45) is 17.3 Å². The van der Waals surface area contributed by atoms with Gasteiger partial charge in [-0.2, -0.15) is 0 Å². The Balaban J connectivity index is 1.56. The van der Waals surface area contributed by atoms with Crippen LogP contribution in [0.3, 0.4) is 0 Å². The van der Waals surface area contributed by atoms with E-state index in [0.29, 0.717) is 10.0 Å². The van der Waals surface area contributed by atoms with Gasteiger partial charge in [0.1, 0.15) is 11.4 Å². The summed E-state index contributed by atoms with van der Waals surface area (Å²) in [5.41, 5.74) is 3.06. The van der Waals surface area contributed by atoms with E-state index < -0.39 is 33.7 Å². The Morgan fingerprint density at radius 1 is 0.718 bits per heavy atom. The lowest BCUT2D eigenvalue weighted by atomic mass is 9.49. The Hall–Kier alpha value is -3.17. The second-order valence-electron chi connectivity index (χ2n) is 11.9. The maximum atomic E-state index is 15.0. The molecule has 39 heavy (non-hydrogen) atoms. The lowest BCUT2D eigenvalue weighted by Crippen LogP contribution is -2.63. The summed E-state index contributed by atoms with van der Waals surface area (Å²) < 4.78 is 0. The number of hydrogen-bond donors (Lipinski definition) is 1. The maximum Gasteiger partial charge on any atom is 0.146 e. The molecule has 0 amide bonds. The summed E-state index contributed by atoms with van der Waals surface area (Å²) in [4.78, 5) is 15.0. The highest BCUT2D eigenvalue weighted by molar-refractivity contribution is 6.31. The zero-order valence-corrected chi connectivity index (χ0v) is 23.1. The molecule has 6 atom stereocenters. The van der Waals surface area contributed by atoms with E-state index in [0.717, 1.165) is 39.0 Å². The van der Waals surface area contributed by atoms with Crippen molar-refractivity contribution in [1.29, 1.82) is 0 Å². The summed E-state index contributed by atoms with van der Waals surface area (Å²) in [7, 11) is 0. The van der Waals surface area contributed by atoms with Gasteiger partial charge in [-0.3, -0.25) is 4.79 Å². The molecular formula is C35H26Cl2O2. The third kappa shape index (κ3) is 2.33. The minimum atomic E-state index is -1.34. The van der Waals surface area contributed by atoms with Crippen LogP contribution in [-0.4, -0.2) is 16.5 Å². The minimum absolute atomic E-state index is 0.191. The fraction of sp³-hybridized carbons (Fsp3) is 0.229. The molecule has 0 saturated heterocycles. The number of fused-ring (bicyclic) bond motifs is 3. The zero-order valence-electron chi connectivity index (χ0n) is 21.6. The molecule has 4 aromatic rings. The number of carbonyl (C=O) groups is 1. The van der Waals surface area contributed by atoms with Crippen LogP contribution in [0.5, 0.6) is 0 Å². The summed E-state index contributed by atoms with van der Waals surface area (Å²) in [5.74, 6) is -0.722. The van der Waals surface area contributed by atoms with E-state index in [4.69, 9.17) is 23.2 Å². The molecule has 0 aromatic heterocycles. The number of allylic oxidation sites excluding steroid dienone is 1. The molecule has 2 fully saturated rings. The third-order valence-electron chi connectivity index (χ3n) is 10.7. The van der Waals surface area contributed by atoms with Crippen LogP contribution in [0.15, 0.2) is 103 Å². The number of halogens is 2. The standard InChI is InChI=1S/C35H26Cl2O2/c1-32-26-19-24(37)17-18-25(26)34(22-13-15-23(36)16-14-22)31-30(38)29(32)27(20-9-5-3-6-10-20)28(21-11-7-4-8-12-21)35(32,39)33(31,34)2/h3-19,29,31,39H,1-2H3/t29-,31-,32+,33+,34-,35+/m0/s1. The number of carbonyl (C=O) groups excluding carboxylic acids is 1. The van der Waals surface area contributed by atoms with Crippen molar-refractivity contribution in [2.45, 2.75) is 30.3 Å². The van der Waals surface area contributed by atoms with Gasteiger partial charge < -0.3 is 5.11 Å². The highest BCUT2D eigenvalue weighted by Gasteiger charge is 2.95. The average molecular weight is 549 g/mol. The first kappa shape index (κ1) is 23.7. The molecule has 4 heteroatoms. The Bertz CT molecular complexity index is 1740. The van der Waals surface area contributed by atoms with E-state index in [2.05, 4.69) is 44.2 Å². The lowest BCUT2D eigenvalue weighted by Gasteiger charge is -2.56. The number of hydrogen-bond acceptors (Lipinski definition) is 2. The van der Waals surface area contributed by atoms with Gasteiger partial charge in [0.05, 0.1) is 5.92 Å². The first-order valence-electron chi connectivity index (χ1n) is 13.4. The minimum Gasteiger partial charge on any atom is -0.384 e. The second-order valence-corrected chi connectivity index (χ2v) is 12.8. The molecule has 1 N–H and O–H groups in total. The number of aliphatic hydroxyl groups is 1. The van der Waals surface area contributed by atoms with Gasteiger partial charge in [-0.1, -0.05) is 116 Å². The number of Topliss-reactive ketones (excluding diaryl/α,β-unsaturated/α-hetero) is 1. The van der Waals surface area contributed by atoms with Gasteiger partial charge in [-0.25, -0.2) is 0 Å². The first-order chi connectivity index (χ1) is 18.7. The lowest BCUT2D eigenvalue weighted by molar-refractivity contribution is -0.139. The van der Waals surface area contributed by atoms with Crippen LogP contribution in [0.25, 0.3) is 11.1 Å². The molecule has 4 aliphatic rings. The van der Waals surface area contributed by atoms with E-state index >= 15 is 0 Å². The maximum absolute atomic E-state index is 15.0. The van der Waals surface area contributed by atoms with Crippen LogP contribution in [0.1, 0.15) is 41.7 Å². The Kier molecular flexibility index (Phi) is 4.44. The van der Waals surface area contributed by atoms with E-state index in [-0.39, 0.29) is 5.78 Å². The van der Waals surface area contributed by atoms with Crippen LogP contribution in [0.2, 0.25) is 10.0 Å². The topological polar surface area (TPSA) is 37.3 Å². The molecule has 4 aromatic carbocycles. The van der Waals surface area contributed by atoms with Gasteiger partial charge >= 0.3 is 0 Å². The van der Waals surface area contributed by atoms with Crippen molar-refractivity contribution >= 4 is 40.1 Å². The number of benzene rings is 4. The molecule has 0 aliphatic heterocycles. The molecule has 4 aliphatic carbocycles. The SMILES string of the molecule is C[C@]12[C@@H]3C(=O)[C@@H]4C(c5ccccc5)=C(c5ccccc5)[C@@]1(O)[C@]4(C)c1cc(Cl)ccc1[C@@]32c1ccc(Cl)cc1. The van der Waals surface area contributed by atoms with Crippen LogP contribution < -0.4 is 0 Å². The third-order valence-corrected chi connectivity index (χ3v) is 11.2. The number of rotatable bonds is 3. The van der Waals surface area contributed by atoms with Crippen molar-refractivity contribution < 1.29 is 9.90 Å². The molecule has 0 spiro atoms. The van der Waals surface area contributed by atoms with E-state index in [1.165, 1.54) is 0 Å². The van der Waals surface area contributed by atoms with Crippen molar-refractivity contribution in [3.05, 3.63) is 141 Å². The van der Waals surface area contributed by atoms with Gasteiger partial charge in [0.25, 0.3) is 0 Å². The van der Waals surface area contributed by atoms with Crippen LogP contribution in [0.4, 0.5) is 0 Å². The summed E-state index contributed by atoms with van der Waals surface area (Å²) in [6.45, 7) is 4.22. The Labute approximate surface area is 237 Å². The first-order valence-corrected chi connectivity index (χ1v) is 14.2. The predicted octanol–water partition coefficient (Wildman–Crippen LogP) is 7.74. The Morgan fingerprint density at radius 2 is 1.31 bits per heavy atom. The molecule has 8 rings (SSSR count). The van der Waals surface area contributed by atoms with Crippen LogP contribution >= 0.6 is 23.2 Å². The highest BCUT2D eigenvalue weighted by Crippen LogP contribution is 2.90. The highest BCUT2D eigenvalue weighted by atomic mass is 35.5. The van der Waals surface area contributed by atoms with E-state index in [1.807, 2.05) is 72.8 Å². The Morgan fingerprint density at radius 3 is 1.95 bits per heavy atom. The van der Waals surface area contributed by atoms with Crippen LogP contribution in [0, 0.1) is 17.3 Å². The largest absolute Gasteiger partial charge is 0.384 e. The summed E-state index contributed by atoms with van der Waals surface area (Å²) in [6, 6.07) is 34.1. The quantitative estimate of drug-likeness (QED) is 0.284. The molecule has 4 bridgehead atoms. The molecule has 2 nitrogen and oxygen atoms in total. The van der Waals surface area contributed by atoms with Crippen molar-refractivity contribution in [2.75, 3.05) is 0 Å². The fourth-order valence-corrected chi connectivity index (χ4v) is 9.71. The molecule has 0 unspecified atom stereocenters. The van der Waals surface area contributed by atoms with E-state index in [9.17, 15) is 9.90 Å². The molecule has 0 radical (unpaired) electrons. The molecule has 2 saturated carbocycles. The summed E-state index contributed by atoms with van der Waals surface area (Å²) in [5, 5.41) is 14.9. The van der Waals surface area contributed by atoms with E-state index in [1.54, 1.807) is 0 Å². The van der Waals surface area contributed by atoms with Gasteiger partial charge in [0, 0.05) is 32.2 Å². The van der Waals surface area contributed by atoms with Gasteiger partial charge in [-0.15, -0.1) is 0 Å². The normalized spacial score (nSPS) is 35.2. The second kappa shape index (κ2) is 7.31. The van der Waals surface area contributed by atoms with Crippen molar-refractivity contribution in [1.82, 2.24) is 0 Å². The van der Waals surface area contributed by atoms with Gasteiger partial charge in [-0.05, 0) is 63.2 Å². The predicted molar refractivity (Wildman–Crippen MR) is 156 cm³/mol. The van der Waals surface area contributed by atoms with Crippen molar-refractivity contribution in [3.63, 3.8) is 0 Å². The molecular weight excluding hydrogens is 523 g/mol. The van der Waals surface area contributed by atoms with Gasteiger partial charge in [0.15, 0.2) is 0 Å². The van der Waals surface area contributed by atoms with Crippen molar-refractivity contribution in [3.8, 4) is 0 Å². The summed E-state index contributed by atoms with van der Waals surface area (Å²) in [6.07, 6.45) is 0. The zero-order chi connectivity index (χ0) is 26.9. The van der Waals surface area contributed by atoms with Crippen LogP contribution in [-0.2, 0) is 15.6 Å². The average Bonchev–Trinajstić information content (AvgIpc) is 3.50. The summed E-state index contributed by atoms with van der Waals surface area (Å²) >= 11 is 13.0. The van der Waals surface area contributed by atoms with Gasteiger partial charge in [0.2, 0.25) is 0 Å². The smallest absolute Gasteiger partial charge is 0.146 e.